The minimum absolute atomic E-state index is 0.158. The van der Waals surface area contributed by atoms with Gasteiger partial charge in [-0.3, -0.25) is 10.1 Å². The molecule has 2 rings (SSSR count). The molecule has 0 aromatic carbocycles. The molecule has 94 valence electrons. The van der Waals surface area contributed by atoms with E-state index >= 15 is 0 Å². The van der Waals surface area contributed by atoms with Crippen LogP contribution in [0.25, 0.3) is 0 Å². The molecular formula is C11H13N5O2. The molecule has 1 aliphatic rings. The van der Waals surface area contributed by atoms with Gasteiger partial charge in [0, 0.05) is 12.6 Å². The van der Waals surface area contributed by atoms with Crippen molar-refractivity contribution in [2.75, 3.05) is 25.0 Å². The second kappa shape index (κ2) is 5.42. The van der Waals surface area contributed by atoms with Crippen molar-refractivity contribution >= 4 is 11.5 Å². The Bertz CT molecular complexity index is 491. The van der Waals surface area contributed by atoms with E-state index in [0.29, 0.717) is 11.7 Å². The number of aromatic nitrogens is 1. The summed E-state index contributed by atoms with van der Waals surface area (Å²) >= 11 is 0. The number of nitro groups is 1. The molecule has 2 N–H and O–H groups in total. The van der Waals surface area contributed by atoms with Gasteiger partial charge in [0.25, 0.3) is 0 Å². The zero-order valence-corrected chi connectivity index (χ0v) is 9.72. The Morgan fingerprint density at radius 1 is 1.67 bits per heavy atom. The SMILES string of the molecule is N#Cc1nc(NCC2CCNC2)ccc1[N+](=O)[O-]. The van der Waals surface area contributed by atoms with Crippen LogP contribution in [0.2, 0.25) is 0 Å². The van der Waals surface area contributed by atoms with Crippen molar-refractivity contribution in [3.8, 4) is 6.07 Å². The van der Waals surface area contributed by atoms with Crippen LogP contribution in [0.4, 0.5) is 11.5 Å². The fraction of sp³-hybridized carbons (Fsp3) is 0.455. The Morgan fingerprint density at radius 3 is 3.11 bits per heavy atom. The summed E-state index contributed by atoms with van der Waals surface area (Å²) in [4.78, 5) is 14.0. The summed E-state index contributed by atoms with van der Waals surface area (Å²) in [5.74, 6) is 1.04. The Labute approximate surface area is 104 Å². The lowest BCUT2D eigenvalue weighted by molar-refractivity contribution is -0.385. The molecule has 1 unspecified atom stereocenters. The second-order valence-corrected chi connectivity index (χ2v) is 4.17. The highest BCUT2D eigenvalue weighted by Gasteiger charge is 2.17. The highest BCUT2D eigenvalue weighted by atomic mass is 16.6. The standard InChI is InChI=1S/C11H13N5O2/c12-5-9-10(16(17)18)1-2-11(15-9)14-7-8-3-4-13-6-8/h1-2,8,13H,3-4,6-7H2,(H,14,15). The summed E-state index contributed by atoms with van der Waals surface area (Å²) in [7, 11) is 0. The molecule has 1 saturated heterocycles. The van der Waals surface area contributed by atoms with Gasteiger partial charge in [0.2, 0.25) is 5.69 Å². The van der Waals surface area contributed by atoms with Crippen LogP contribution in [-0.2, 0) is 0 Å². The zero-order chi connectivity index (χ0) is 13.0. The smallest absolute Gasteiger partial charge is 0.305 e. The lowest BCUT2D eigenvalue weighted by Crippen LogP contribution is -2.17. The molecule has 1 atom stereocenters. The molecule has 1 aliphatic heterocycles. The molecule has 0 amide bonds. The Kier molecular flexibility index (Phi) is 3.69. The number of rotatable bonds is 4. The van der Waals surface area contributed by atoms with Crippen molar-refractivity contribution in [2.45, 2.75) is 6.42 Å². The van der Waals surface area contributed by atoms with Crippen molar-refractivity contribution in [1.82, 2.24) is 10.3 Å². The first-order valence-corrected chi connectivity index (χ1v) is 5.71. The minimum Gasteiger partial charge on any atom is -0.370 e. The van der Waals surface area contributed by atoms with Crippen LogP contribution < -0.4 is 10.6 Å². The lowest BCUT2D eigenvalue weighted by Gasteiger charge is -2.10. The van der Waals surface area contributed by atoms with E-state index in [4.69, 9.17) is 5.26 Å². The van der Waals surface area contributed by atoms with Crippen molar-refractivity contribution in [1.29, 1.82) is 5.26 Å². The van der Waals surface area contributed by atoms with E-state index in [1.165, 1.54) is 12.1 Å². The largest absolute Gasteiger partial charge is 0.370 e. The third-order valence-electron chi connectivity index (χ3n) is 2.91. The highest BCUT2D eigenvalue weighted by molar-refractivity contribution is 5.50. The van der Waals surface area contributed by atoms with E-state index < -0.39 is 4.92 Å². The maximum atomic E-state index is 10.6. The van der Waals surface area contributed by atoms with Crippen LogP contribution >= 0.6 is 0 Å². The molecule has 0 aliphatic carbocycles. The first-order valence-electron chi connectivity index (χ1n) is 5.71. The monoisotopic (exact) mass is 247 g/mol. The molecule has 0 spiro atoms. The van der Waals surface area contributed by atoms with Crippen molar-refractivity contribution < 1.29 is 4.92 Å². The zero-order valence-electron chi connectivity index (χ0n) is 9.72. The maximum absolute atomic E-state index is 10.6. The van der Waals surface area contributed by atoms with Gasteiger partial charge in [0.15, 0.2) is 0 Å². The highest BCUT2D eigenvalue weighted by Crippen LogP contribution is 2.18. The van der Waals surface area contributed by atoms with E-state index in [0.717, 1.165) is 26.1 Å². The molecule has 0 bridgehead atoms. The summed E-state index contributed by atoms with van der Waals surface area (Å²) in [6, 6.07) is 4.58. The molecule has 0 radical (unpaired) electrons. The molecule has 2 heterocycles. The van der Waals surface area contributed by atoms with Gasteiger partial charge in [0.05, 0.1) is 4.92 Å². The van der Waals surface area contributed by atoms with E-state index in [2.05, 4.69) is 15.6 Å². The third kappa shape index (κ3) is 2.73. The van der Waals surface area contributed by atoms with Crippen LogP contribution in [0.15, 0.2) is 12.1 Å². The number of hydrogen-bond donors (Lipinski definition) is 2. The third-order valence-corrected chi connectivity index (χ3v) is 2.91. The molecule has 1 fully saturated rings. The van der Waals surface area contributed by atoms with E-state index in [1.54, 1.807) is 6.07 Å². The maximum Gasteiger partial charge on any atom is 0.305 e. The predicted octanol–water partition coefficient (Wildman–Crippen LogP) is 0.883. The Morgan fingerprint density at radius 2 is 2.50 bits per heavy atom. The van der Waals surface area contributed by atoms with Gasteiger partial charge in [0.1, 0.15) is 11.9 Å². The fourth-order valence-corrected chi connectivity index (χ4v) is 1.92. The summed E-state index contributed by atoms with van der Waals surface area (Å²) in [5.41, 5.74) is -0.417. The van der Waals surface area contributed by atoms with Gasteiger partial charge in [-0.15, -0.1) is 0 Å². The van der Waals surface area contributed by atoms with Crippen LogP contribution in [0.5, 0.6) is 0 Å². The summed E-state index contributed by atoms with van der Waals surface area (Å²) in [6.45, 7) is 2.73. The van der Waals surface area contributed by atoms with Gasteiger partial charge < -0.3 is 10.6 Å². The molecule has 7 nitrogen and oxygen atoms in total. The molecule has 18 heavy (non-hydrogen) atoms. The molecule has 7 heteroatoms. The van der Waals surface area contributed by atoms with Crippen LogP contribution in [-0.4, -0.2) is 29.5 Å². The number of anilines is 1. The average Bonchev–Trinajstić information content (AvgIpc) is 2.88. The second-order valence-electron chi connectivity index (χ2n) is 4.17. The van der Waals surface area contributed by atoms with Gasteiger partial charge in [-0.25, -0.2) is 4.98 Å². The predicted molar refractivity (Wildman–Crippen MR) is 65.1 cm³/mol. The van der Waals surface area contributed by atoms with E-state index in [9.17, 15) is 10.1 Å². The number of hydrogen-bond acceptors (Lipinski definition) is 6. The fourth-order valence-electron chi connectivity index (χ4n) is 1.92. The summed E-state index contributed by atoms with van der Waals surface area (Å²) < 4.78 is 0. The van der Waals surface area contributed by atoms with E-state index in [1.807, 2.05) is 0 Å². The normalized spacial score (nSPS) is 18.3. The Hall–Kier alpha value is -2.20. The van der Waals surface area contributed by atoms with Gasteiger partial charge in [-0.1, -0.05) is 0 Å². The number of pyridine rings is 1. The first-order chi connectivity index (χ1) is 8.70. The Balaban J connectivity index is 2.05. The van der Waals surface area contributed by atoms with E-state index in [-0.39, 0.29) is 11.4 Å². The number of nitrogens with one attached hydrogen (secondary N) is 2. The number of nitriles is 1. The molecule has 1 aromatic rings. The van der Waals surface area contributed by atoms with Crippen molar-refractivity contribution in [3.63, 3.8) is 0 Å². The number of nitrogens with zero attached hydrogens (tertiary/aromatic N) is 3. The van der Waals surface area contributed by atoms with Crippen molar-refractivity contribution in [2.24, 2.45) is 5.92 Å². The molecule has 1 aromatic heterocycles. The molecular weight excluding hydrogens is 234 g/mol. The van der Waals surface area contributed by atoms with Gasteiger partial charge in [-0.05, 0) is 31.5 Å². The van der Waals surface area contributed by atoms with Gasteiger partial charge in [-0.2, -0.15) is 5.26 Å². The van der Waals surface area contributed by atoms with Crippen molar-refractivity contribution in [3.05, 3.63) is 27.9 Å². The topological polar surface area (TPSA) is 104 Å². The van der Waals surface area contributed by atoms with Crippen LogP contribution in [0, 0.1) is 27.4 Å². The van der Waals surface area contributed by atoms with Crippen LogP contribution in [0.3, 0.4) is 0 Å². The summed E-state index contributed by atoms with van der Waals surface area (Å²) in [5, 5.41) is 25.8. The van der Waals surface area contributed by atoms with Crippen LogP contribution in [0.1, 0.15) is 12.1 Å². The quantitative estimate of drug-likeness (QED) is 0.604. The van der Waals surface area contributed by atoms with Gasteiger partial charge >= 0.3 is 5.69 Å². The average molecular weight is 247 g/mol. The summed E-state index contributed by atoms with van der Waals surface area (Å²) in [6.07, 6.45) is 1.10. The lowest BCUT2D eigenvalue weighted by atomic mass is 10.1. The first kappa shape index (κ1) is 12.3. The molecule has 0 saturated carbocycles. The minimum atomic E-state index is -0.601.